The lowest BCUT2D eigenvalue weighted by atomic mass is 9.85. The van der Waals surface area contributed by atoms with Gasteiger partial charge in [-0.05, 0) is 38.1 Å². The maximum Gasteiger partial charge on any atom is 0.116 e. The van der Waals surface area contributed by atoms with Gasteiger partial charge in [-0.15, -0.1) is 0 Å². The quantitative estimate of drug-likeness (QED) is 0.678. The van der Waals surface area contributed by atoms with Crippen molar-refractivity contribution in [1.82, 2.24) is 4.90 Å². The lowest BCUT2D eigenvalue weighted by Gasteiger charge is -2.39. The standard InChI is InChI=1S/C12H24FN/c1-5-10(4)14-7-6-11(9(2)3)12(13)8-14/h9-12H,5-8H2,1-4H3/t10?,11-,12-/m0/s1. The van der Waals surface area contributed by atoms with Crippen LogP contribution in [0, 0.1) is 11.8 Å². The van der Waals surface area contributed by atoms with Gasteiger partial charge >= 0.3 is 0 Å². The fourth-order valence-corrected chi connectivity index (χ4v) is 2.36. The summed E-state index contributed by atoms with van der Waals surface area (Å²) in [6, 6.07) is 0.543. The van der Waals surface area contributed by atoms with E-state index in [9.17, 15) is 4.39 Å². The van der Waals surface area contributed by atoms with Gasteiger partial charge in [-0.2, -0.15) is 0 Å². The topological polar surface area (TPSA) is 3.24 Å². The summed E-state index contributed by atoms with van der Waals surface area (Å²) in [4.78, 5) is 2.30. The number of hydrogen-bond acceptors (Lipinski definition) is 1. The molecule has 0 saturated carbocycles. The zero-order valence-corrected chi connectivity index (χ0v) is 9.96. The van der Waals surface area contributed by atoms with Crippen LogP contribution in [0.4, 0.5) is 4.39 Å². The molecule has 0 N–H and O–H groups in total. The molecule has 0 radical (unpaired) electrons. The molecule has 0 aromatic rings. The average Bonchev–Trinajstić information content (AvgIpc) is 2.15. The largest absolute Gasteiger partial charge is 0.298 e. The van der Waals surface area contributed by atoms with Crippen molar-refractivity contribution in [2.75, 3.05) is 13.1 Å². The van der Waals surface area contributed by atoms with Gasteiger partial charge in [0.25, 0.3) is 0 Å². The van der Waals surface area contributed by atoms with Crippen molar-refractivity contribution in [2.45, 2.75) is 52.8 Å². The van der Waals surface area contributed by atoms with E-state index < -0.39 is 6.17 Å². The summed E-state index contributed by atoms with van der Waals surface area (Å²) in [5, 5.41) is 0. The van der Waals surface area contributed by atoms with Crippen LogP contribution in [0.15, 0.2) is 0 Å². The Morgan fingerprint density at radius 2 is 2.00 bits per heavy atom. The lowest BCUT2D eigenvalue weighted by molar-refractivity contribution is 0.0403. The van der Waals surface area contributed by atoms with E-state index in [4.69, 9.17) is 0 Å². The van der Waals surface area contributed by atoms with Gasteiger partial charge in [-0.1, -0.05) is 20.8 Å². The summed E-state index contributed by atoms with van der Waals surface area (Å²) in [6.07, 6.45) is 1.54. The fourth-order valence-electron chi connectivity index (χ4n) is 2.36. The molecule has 1 heterocycles. The van der Waals surface area contributed by atoms with Crippen LogP contribution in [0.1, 0.15) is 40.5 Å². The minimum atomic E-state index is -0.613. The Bertz CT molecular complexity index is 170. The predicted octanol–water partition coefficient (Wildman–Crippen LogP) is 3.10. The van der Waals surface area contributed by atoms with Crippen molar-refractivity contribution >= 4 is 0 Å². The Balaban J connectivity index is 2.46. The van der Waals surface area contributed by atoms with Crippen molar-refractivity contribution in [2.24, 2.45) is 11.8 Å². The molecule has 1 rings (SSSR count). The summed E-state index contributed by atoms with van der Waals surface area (Å²) >= 11 is 0. The Kier molecular flexibility index (Phi) is 4.36. The van der Waals surface area contributed by atoms with E-state index in [-0.39, 0.29) is 5.92 Å². The molecule has 1 fully saturated rings. The molecule has 1 aliphatic rings. The minimum Gasteiger partial charge on any atom is -0.298 e. The van der Waals surface area contributed by atoms with Gasteiger partial charge in [0.05, 0.1) is 0 Å². The highest BCUT2D eigenvalue weighted by Gasteiger charge is 2.32. The van der Waals surface area contributed by atoms with Crippen LogP contribution in [0.5, 0.6) is 0 Å². The van der Waals surface area contributed by atoms with Crippen LogP contribution >= 0.6 is 0 Å². The number of piperidine rings is 1. The first kappa shape index (κ1) is 12.0. The summed E-state index contributed by atoms with van der Waals surface area (Å²) in [5.41, 5.74) is 0. The molecule has 1 unspecified atom stereocenters. The molecular weight excluding hydrogens is 177 g/mol. The second-order valence-electron chi connectivity index (χ2n) is 4.96. The molecular formula is C12H24FN. The van der Waals surface area contributed by atoms with E-state index in [0.717, 1.165) is 19.4 Å². The third kappa shape index (κ3) is 2.69. The molecule has 2 heteroatoms. The van der Waals surface area contributed by atoms with Gasteiger partial charge in [0.1, 0.15) is 6.17 Å². The van der Waals surface area contributed by atoms with Gasteiger partial charge in [0, 0.05) is 12.6 Å². The van der Waals surface area contributed by atoms with Crippen LogP contribution < -0.4 is 0 Å². The third-order valence-corrected chi connectivity index (χ3v) is 3.69. The van der Waals surface area contributed by atoms with Gasteiger partial charge in [-0.3, -0.25) is 4.90 Å². The summed E-state index contributed by atoms with van der Waals surface area (Å²) in [5.74, 6) is 0.777. The molecule has 84 valence electrons. The third-order valence-electron chi connectivity index (χ3n) is 3.69. The first-order chi connectivity index (χ1) is 6.56. The normalized spacial score (nSPS) is 32.1. The molecule has 0 aromatic carbocycles. The summed E-state index contributed by atoms with van der Waals surface area (Å²) in [6.45, 7) is 10.4. The van der Waals surface area contributed by atoms with Crippen LogP contribution in [0.3, 0.4) is 0 Å². The Morgan fingerprint density at radius 1 is 1.36 bits per heavy atom. The van der Waals surface area contributed by atoms with Crippen LogP contribution in [0.25, 0.3) is 0 Å². The van der Waals surface area contributed by atoms with E-state index in [0.29, 0.717) is 18.5 Å². The van der Waals surface area contributed by atoms with Crippen LogP contribution in [-0.4, -0.2) is 30.2 Å². The van der Waals surface area contributed by atoms with E-state index in [2.05, 4.69) is 32.6 Å². The highest BCUT2D eigenvalue weighted by atomic mass is 19.1. The maximum absolute atomic E-state index is 13.8. The highest BCUT2D eigenvalue weighted by Crippen LogP contribution is 2.28. The van der Waals surface area contributed by atoms with Crippen molar-refractivity contribution in [3.8, 4) is 0 Å². The molecule has 0 aromatic heterocycles. The van der Waals surface area contributed by atoms with Crippen molar-refractivity contribution < 1.29 is 4.39 Å². The zero-order chi connectivity index (χ0) is 10.7. The molecule has 1 saturated heterocycles. The molecule has 1 aliphatic heterocycles. The number of hydrogen-bond donors (Lipinski definition) is 0. The monoisotopic (exact) mass is 201 g/mol. The number of rotatable bonds is 3. The van der Waals surface area contributed by atoms with E-state index in [1.807, 2.05) is 0 Å². The Labute approximate surface area is 87.7 Å². The van der Waals surface area contributed by atoms with Crippen LogP contribution in [-0.2, 0) is 0 Å². The van der Waals surface area contributed by atoms with Crippen molar-refractivity contribution in [1.29, 1.82) is 0 Å². The number of nitrogens with zero attached hydrogens (tertiary/aromatic N) is 1. The first-order valence-corrected chi connectivity index (χ1v) is 5.94. The van der Waals surface area contributed by atoms with E-state index in [1.54, 1.807) is 0 Å². The van der Waals surface area contributed by atoms with Crippen molar-refractivity contribution in [3.05, 3.63) is 0 Å². The first-order valence-electron chi connectivity index (χ1n) is 5.94. The van der Waals surface area contributed by atoms with Crippen LogP contribution in [0.2, 0.25) is 0 Å². The second kappa shape index (κ2) is 5.11. The maximum atomic E-state index is 13.8. The molecule has 0 amide bonds. The average molecular weight is 201 g/mol. The smallest absolute Gasteiger partial charge is 0.116 e. The molecule has 0 bridgehead atoms. The lowest BCUT2D eigenvalue weighted by Crippen LogP contribution is -2.47. The van der Waals surface area contributed by atoms with E-state index >= 15 is 0 Å². The summed E-state index contributed by atoms with van der Waals surface area (Å²) < 4.78 is 13.8. The number of likely N-dealkylation sites (tertiary alicyclic amines) is 1. The fraction of sp³-hybridized carbons (Fsp3) is 1.00. The molecule has 14 heavy (non-hydrogen) atoms. The van der Waals surface area contributed by atoms with Gasteiger partial charge in [0.2, 0.25) is 0 Å². The summed E-state index contributed by atoms with van der Waals surface area (Å²) in [7, 11) is 0. The number of alkyl halides is 1. The number of halogens is 1. The van der Waals surface area contributed by atoms with Gasteiger partial charge < -0.3 is 0 Å². The Hall–Kier alpha value is -0.110. The molecule has 0 spiro atoms. The van der Waals surface area contributed by atoms with Gasteiger partial charge in [0.15, 0.2) is 0 Å². The molecule has 0 aliphatic carbocycles. The van der Waals surface area contributed by atoms with Gasteiger partial charge in [-0.25, -0.2) is 4.39 Å². The zero-order valence-electron chi connectivity index (χ0n) is 9.96. The minimum absolute atomic E-state index is 0.287. The SMILES string of the molecule is CCC(C)N1CC[C@@H](C(C)C)[C@@H](F)C1. The highest BCUT2D eigenvalue weighted by molar-refractivity contribution is 4.83. The molecule has 1 nitrogen and oxygen atoms in total. The second-order valence-corrected chi connectivity index (χ2v) is 4.96. The molecule has 3 atom stereocenters. The predicted molar refractivity (Wildman–Crippen MR) is 59.2 cm³/mol. The van der Waals surface area contributed by atoms with Crippen molar-refractivity contribution in [3.63, 3.8) is 0 Å². The van der Waals surface area contributed by atoms with E-state index in [1.165, 1.54) is 0 Å². The Morgan fingerprint density at radius 3 is 2.43 bits per heavy atom.